The number of nitrogens with two attached hydrogens (primary N) is 1. The summed E-state index contributed by atoms with van der Waals surface area (Å²) in [6.45, 7) is 11.2. The summed E-state index contributed by atoms with van der Waals surface area (Å²) < 4.78 is 0. The van der Waals surface area contributed by atoms with Crippen molar-refractivity contribution in [2.45, 2.75) is 32.2 Å². The Morgan fingerprint density at radius 2 is 1.68 bits per heavy atom. The van der Waals surface area contributed by atoms with E-state index in [0.29, 0.717) is 0 Å². The molecule has 1 saturated heterocycles. The van der Waals surface area contributed by atoms with Gasteiger partial charge in [-0.15, -0.1) is 0 Å². The van der Waals surface area contributed by atoms with Crippen LogP contribution in [0.5, 0.6) is 0 Å². The fourth-order valence-electron chi connectivity index (χ4n) is 3.00. The van der Waals surface area contributed by atoms with Crippen molar-refractivity contribution in [3.63, 3.8) is 0 Å². The molecule has 0 saturated carbocycles. The third kappa shape index (κ3) is 5.03. The minimum atomic E-state index is 0.226. The minimum Gasteiger partial charge on any atom is -0.329 e. The standard InChI is InChI=1S/C15H34N4/c1-14(2)12-19-8-6-15(13-16,7-9-19)18(5)11-10-17(3)4/h14H,6-13,16H2,1-5H3. The van der Waals surface area contributed by atoms with E-state index in [4.69, 9.17) is 5.73 Å². The maximum Gasteiger partial charge on any atom is 0.0353 e. The van der Waals surface area contributed by atoms with Crippen LogP contribution in [-0.2, 0) is 0 Å². The molecule has 19 heavy (non-hydrogen) atoms. The van der Waals surface area contributed by atoms with Gasteiger partial charge in [-0.3, -0.25) is 4.90 Å². The Morgan fingerprint density at radius 3 is 2.11 bits per heavy atom. The van der Waals surface area contributed by atoms with Gasteiger partial charge in [-0.2, -0.15) is 0 Å². The van der Waals surface area contributed by atoms with E-state index in [-0.39, 0.29) is 5.54 Å². The molecule has 0 radical (unpaired) electrons. The van der Waals surface area contributed by atoms with Gasteiger partial charge >= 0.3 is 0 Å². The van der Waals surface area contributed by atoms with Crippen LogP contribution < -0.4 is 5.73 Å². The molecule has 0 aliphatic carbocycles. The predicted octanol–water partition coefficient (Wildman–Crippen LogP) is 0.929. The molecule has 4 nitrogen and oxygen atoms in total. The molecule has 0 aromatic rings. The van der Waals surface area contributed by atoms with Gasteiger partial charge in [0.25, 0.3) is 0 Å². The molecule has 114 valence electrons. The van der Waals surface area contributed by atoms with Gasteiger partial charge in [-0.05, 0) is 53.0 Å². The SMILES string of the molecule is CC(C)CN1CCC(CN)(N(C)CCN(C)C)CC1. The van der Waals surface area contributed by atoms with Gasteiger partial charge in [0.2, 0.25) is 0 Å². The lowest BCUT2D eigenvalue weighted by Gasteiger charge is -2.47. The fourth-order valence-corrected chi connectivity index (χ4v) is 3.00. The Morgan fingerprint density at radius 1 is 1.11 bits per heavy atom. The summed E-state index contributed by atoms with van der Waals surface area (Å²) >= 11 is 0. The molecular weight excluding hydrogens is 236 g/mol. The molecule has 0 amide bonds. The van der Waals surface area contributed by atoms with Crippen molar-refractivity contribution in [3.05, 3.63) is 0 Å². The molecule has 1 fully saturated rings. The van der Waals surface area contributed by atoms with E-state index in [0.717, 1.165) is 25.6 Å². The van der Waals surface area contributed by atoms with Gasteiger partial charge < -0.3 is 15.5 Å². The second kappa shape index (κ2) is 7.58. The fraction of sp³-hybridized carbons (Fsp3) is 1.00. The van der Waals surface area contributed by atoms with Crippen LogP contribution in [0.4, 0.5) is 0 Å². The Labute approximate surface area is 119 Å². The zero-order chi connectivity index (χ0) is 14.5. The molecule has 1 aliphatic rings. The van der Waals surface area contributed by atoms with Crippen LogP contribution in [0.25, 0.3) is 0 Å². The summed E-state index contributed by atoms with van der Waals surface area (Å²) in [4.78, 5) is 7.34. The van der Waals surface area contributed by atoms with Crippen molar-refractivity contribution in [2.24, 2.45) is 11.7 Å². The Bertz CT molecular complexity index is 245. The highest BCUT2D eigenvalue weighted by atomic mass is 15.2. The van der Waals surface area contributed by atoms with Crippen LogP contribution >= 0.6 is 0 Å². The van der Waals surface area contributed by atoms with Crippen LogP contribution in [-0.4, -0.2) is 80.7 Å². The van der Waals surface area contributed by atoms with E-state index >= 15 is 0 Å². The smallest absolute Gasteiger partial charge is 0.0353 e. The van der Waals surface area contributed by atoms with Gasteiger partial charge in [-0.1, -0.05) is 13.8 Å². The average molecular weight is 270 g/mol. The maximum absolute atomic E-state index is 6.12. The number of rotatable bonds is 7. The van der Waals surface area contributed by atoms with E-state index in [1.54, 1.807) is 0 Å². The minimum absolute atomic E-state index is 0.226. The first-order valence-corrected chi connectivity index (χ1v) is 7.68. The number of hydrogen-bond donors (Lipinski definition) is 1. The molecule has 1 rings (SSSR count). The summed E-state index contributed by atoms with van der Waals surface area (Å²) in [5, 5.41) is 0. The van der Waals surface area contributed by atoms with E-state index in [9.17, 15) is 0 Å². The summed E-state index contributed by atoms with van der Waals surface area (Å²) in [6, 6.07) is 0. The quantitative estimate of drug-likeness (QED) is 0.746. The number of hydrogen-bond acceptors (Lipinski definition) is 4. The van der Waals surface area contributed by atoms with Crippen molar-refractivity contribution in [1.29, 1.82) is 0 Å². The molecule has 0 aromatic carbocycles. The van der Waals surface area contributed by atoms with Crippen LogP contribution in [0.15, 0.2) is 0 Å². The molecule has 2 N–H and O–H groups in total. The molecule has 0 spiro atoms. The Kier molecular flexibility index (Phi) is 6.74. The molecule has 0 atom stereocenters. The first-order chi connectivity index (χ1) is 8.89. The molecule has 1 heterocycles. The van der Waals surface area contributed by atoms with Gasteiger partial charge in [0.05, 0.1) is 0 Å². The zero-order valence-electron chi connectivity index (χ0n) is 13.7. The van der Waals surface area contributed by atoms with E-state index in [1.165, 1.54) is 32.5 Å². The summed E-state index contributed by atoms with van der Waals surface area (Å²) in [6.07, 6.45) is 2.42. The summed E-state index contributed by atoms with van der Waals surface area (Å²) in [5.74, 6) is 0.761. The lowest BCUT2D eigenvalue weighted by atomic mass is 9.85. The van der Waals surface area contributed by atoms with Crippen molar-refractivity contribution in [3.8, 4) is 0 Å². The average Bonchev–Trinajstić information content (AvgIpc) is 2.36. The number of nitrogens with zero attached hydrogens (tertiary/aromatic N) is 3. The highest BCUT2D eigenvalue weighted by Gasteiger charge is 2.36. The van der Waals surface area contributed by atoms with Crippen molar-refractivity contribution >= 4 is 0 Å². The number of likely N-dealkylation sites (tertiary alicyclic amines) is 1. The monoisotopic (exact) mass is 270 g/mol. The Hall–Kier alpha value is -0.160. The number of piperidine rings is 1. The second-order valence-corrected chi connectivity index (χ2v) is 6.85. The first kappa shape index (κ1) is 16.9. The lowest BCUT2D eigenvalue weighted by Crippen LogP contribution is -2.59. The summed E-state index contributed by atoms with van der Waals surface area (Å²) in [5.41, 5.74) is 6.34. The molecule has 1 aliphatic heterocycles. The van der Waals surface area contributed by atoms with Crippen LogP contribution in [0.1, 0.15) is 26.7 Å². The third-order valence-electron chi connectivity index (χ3n) is 4.48. The molecule has 0 aromatic heterocycles. The van der Waals surface area contributed by atoms with Gasteiger partial charge in [0.1, 0.15) is 0 Å². The van der Waals surface area contributed by atoms with Crippen LogP contribution in [0.3, 0.4) is 0 Å². The van der Waals surface area contributed by atoms with Gasteiger partial charge in [0, 0.05) is 31.7 Å². The van der Waals surface area contributed by atoms with E-state index in [1.807, 2.05) is 0 Å². The van der Waals surface area contributed by atoms with Crippen molar-refractivity contribution in [2.75, 3.05) is 60.4 Å². The molecule has 0 bridgehead atoms. The summed E-state index contributed by atoms with van der Waals surface area (Å²) in [7, 11) is 6.51. The Balaban J connectivity index is 2.49. The first-order valence-electron chi connectivity index (χ1n) is 7.68. The lowest BCUT2D eigenvalue weighted by molar-refractivity contribution is 0.0380. The van der Waals surface area contributed by atoms with Crippen LogP contribution in [0, 0.1) is 5.92 Å². The van der Waals surface area contributed by atoms with Gasteiger partial charge in [0.15, 0.2) is 0 Å². The zero-order valence-corrected chi connectivity index (χ0v) is 13.7. The van der Waals surface area contributed by atoms with Gasteiger partial charge in [-0.25, -0.2) is 0 Å². The van der Waals surface area contributed by atoms with Crippen molar-refractivity contribution < 1.29 is 0 Å². The highest BCUT2D eigenvalue weighted by molar-refractivity contribution is 4.95. The van der Waals surface area contributed by atoms with E-state index < -0.39 is 0 Å². The second-order valence-electron chi connectivity index (χ2n) is 6.85. The highest BCUT2D eigenvalue weighted by Crippen LogP contribution is 2.27. The largest absolute Gasteiger partial charge is 0.329 e. The molecular formula is C15H34N4. The maximum atomic E-state index is 6.12. The topological polar surface area (TPSA) is 35.7 Å². The van der Waals surface area contributed by atoms with Crippen molar-refractivity contribution in [1.82, 2.24) is 14.7 Å². The predicted molar refractivity (Wildman–Crippen MR) is 83.5 cm³/mol. The van der Waals surface area contributed by atoms with Crippen LogP contribution in [0.2, 0.25) is 0 Å². The number of likely N-dealkylation sites (N-methyl/N-ethyl adjacent to an activating group) is 2. The normalized spacial score (nSPS) is 20.7. The third-order valence-corrected chi connectivity index (χ3v) is 4.48. The molecule has 0 unspecified atom stereocenters. The molecule has 4 heteroatoms. The van der Waals surface area contributed by atoms with E-state index in [2.05, 4.69) is 49.7 Å².